The minimum atomic E-state index is -3.91. The third kappa shape index (κ3) is 4.29. The molecule has 0 aliphatic rings. The fraction of sp³-hybridized carbons (Fsp3) is 0.429. The third-order valence-electron chi connectivity index (χ3n) is 3.07. The Hall–Kier alpha value is -1.89. The third-order valence-corrected chi connectivity index (χ3v) is 5.13. The molecule has 0 fully saturated rings. The average Bonchev–Trinajstić information content (AvgIpc) is 2.46. The zero-order valence-corrected chi connectivity index (χ0v) is 12.8. The zero-order valence-electron chi connectivity index (χ0n) is 12.0. The number of sulfone groups is 1. The zero-order chi connectivity index (χ0) is 16.0. The monoisotopic (exact) mass is 313 g/mol. The van der Waals surface area contributed by atoms with Crippen molar-refractivity contribution in [2.24, 2.45) is 0 Å². The summed E-state index contributed by atoms with van der Waals surface area (Å²) in [4.78, 5) is 22.6. The summed E-state index contributed by atoms with van der Waals surface area (Å²) in [5.41, 5.74) is -0.130. The summed E-state index contributed by atoms with van der Waals surface area (Å²) < 4.78 is 24.7. The predicted octanol–water partition coefficient (Wildman–Crippen LogP) is 1.46. The first kappa shape index (κ1) is 17.2. The highest BCUT2D eigenvalue weighted by atomic mass is 32.2. The second-order valence-electron chi connectivity index (χ2n) is 4.66. The molecule has 0 radical (unpaired) electrons. The first-order valence-corrected chi connectivity index (χ1v) is 8.20. The second kappa shape index (κ2) is 7.21. The number of carboxylic acids is 1. The Morgan fingerprint density at radius 3 is 2.57 bits per heavy atom. The van der Waals surface area contributed by atoms with Crippen LogP contribution in [-0.4, -0.2) is 37.2 Å². The molecule has 0 saturated carbocycles. The number of carboxylic acid groups (broad SMARTS) is 1. The van der Waals surface area contributed by atoms with Crippen LogP contribution in [0.3, 0.4) is 0 Å². The Kier molecular flexibility index (Phi) is 5.90. The molecule has 1 atom stereocenters. The fourth-order valence-corrected chi connectivity index (χ4v) is 3.02. The highest BCUT2D eigenvalue weighted by molar-refractivity contribution is 7.92. The SMILES string of the molecule is CCCCNC(=O)C(C)S(=O)(=O)c1cccc(C(=O)O)c1. The molecule has 1 rings (SSSR count). The van der Waals surface area contributed by atoms with Crippen molar-refractivity contribution in [2.75, 3.05) is 6.54 Å². The lowest BCUT2D eigenvalue weighted by Crippen LogP contribution is -2.38. The molecule has 116 valence electrons. The molecule has 0 saturated heterocycles. The smallest absolute Gasteiger partial charge is 0.335 e. The lowest BCUT2D eigenvalue weighted by atomic mass is 10.2. The van der Waals surface area contributed by atoms with Gasteiger partial charge in [-0.3, -0.25) is 4.79 Å². The number of amides is 1. The highest BCUT2D eigenvalue weighted by Crippen LogP contribution is 2.18. The van der Waals surface area contributed by atoms with Gasteiger partial charge in [0, 0.05) is 6.54 Å². The predicted molar refractivity (Wildman–Crippen MR) is 78.0 cm³/mol. The van der Waals surface area contributed by atoms with Crippen molar-refractivity contribution in [3.8, 4) is 0 Å². The quantitative estimate of drug-likeness (QED) is 0.742. The second-order valence-corrected chi connectivity index (χ2v) is 6.93. The van der Waals surface area contributed by atoms with Crippen LogP contribution in [0.1, 0.15) is 37.0 Å². The van der Waals surface area contributed by atoms with Gasteiger partial charge in [-0.1, -0.05) is 19.4 Å². The van der Waals surface area contributed by atoms with Crippen molar-refractivity contribution in [1.82, 2.24) is 5.32 Å². The number of unbranched alkanes of at least 4 members (excludes halogenated alkanes) is 1. The number of rotatable bonds is 7. The maximum absolute atomic E-state index is 12.3. The summed E-state index contributed by atoms with van der Waals surface area (Å²) in [5.74, 6) is -1.80. The lowest BCUT2D eigenvalue weighted by molar-refractivity contribution is -0.120. The molecule has 1 unspecified atom stereocenters. The normalized spacial score (nSPS) is 12.7. The number of carbonyl (C=O) groups excluding carboxylic acids is 1. The van der Waals surface area contributed by atoms with Crippen molar-refractivity contribution >= 4 is 21.7 Å². The van der Waals surface area contributed by atoms with E-state index in [1.807, 2.05) is 6.92 Å². The van der Waals surface area contributed by atoms with Gasteiger partial charge >= 0.3 is 5.97 Å². The van der Waals surface area contributed by atoms with E-state index < -0.39 is 27.0 Å². The number of carbonyl (C=O) groups is 2. The fourth-order valence-electron chi connectivity index (χ4n) is 1.68. The molecule has 0 aromatic heterocycles. The van der Waals surface area contributed by atoms with Crippen LogP contribution in [0.25, 0.3) is 0 Å². The largest absolute Gasteiger partial charge is 0.478 e. The number of benzene rings is 1. The van der Waals surface area contributed by atoms with Crippen LogP contribution in [0.4, 0.5) is 0 Å². The van der Waals surface area contributed by atoms with Crippen molar-refractivity contribution < 1.29 is 23.1 Å². The Balaban J connectivity index is 2.96. The van der Waals surface area contributed by atoms with Gasteiger partial charge in [0.2, 0.25) is 5.91 Å². The Morgan fingerprint density at radius 1 is 1.33 bits per heavy atom. The molecule has 7 heteroatoms. The van der Waals surface area contributed by atoms with E-state index in [2.05, 4.69) is 5.32 Å². The molecular formula is C14H19NO5S. The van der Waals surface area contributed by atoms with Crippen LogP contribution < -0.4 is 5.32 Å². The molecule has 0 bridgehead atoms. The molecule has 0 spiro atoms. The number of hydrogen-bond acceptors (Lipinski definition) is 4. The molecule has 1 aromatic carbocycles. The number of hydrogen-bond donors (Lipinski definition) is 2. The molecule has 0 aliphatic carbocycles. The minimum Gasteiger partial charge on any atom is -0.478 e. The van der Waals surface area contributed by atoms with E-state index in [0.29, 0.717) is 6.54 Å². The average molecular weight is 313 g/mol. The van der Waals surface area contributed by atoms with Gasteiger partial charge in [-0.15, -0.1) is 0 Å². The highest BCUT2D eigenvalue weighted by Gasteiger charge is 2.29. The standard InChI is InChI=1S/C14H19NO5S/c1-3-4-8-15-13(16)10(2)21(19,20)12-7-5-6-11(9-12)14(17)18/h5-7,9-10H,3-4,8H2,1-2H3,(H,15,16)(H,17,18). The summed E-state index contributed by atoms with van der Waals surface area (Å²) in [7, 11) is -3.91. The molecule has 21 heavy (non-hydrogen) atoms. The van der Waals surface area contributed by atoms with E-state index in [9.17, 15) is 18.0 Å². The summed E-state index contributed by atoms with van der Waals surface area (Å²) in [5, 5.41) is 10.2. The van der Waals surface area contributed by atoms with E-state index in [0.717, 1.165) is 18.9 Å². The van der Waals surface area contributed by atoms with E-state index in [1.54, 1.807) is 0 Å². The maximum atomic E-state index is 12.3. The molecule has 2 N–H and O–H groups in total. The molecule has 1 aromatic rings. The Morgan fingerprint density at radius 2 is 2.00 bits per heavy atom. The van der Waals surface area contributed by atoms with E-state index in [1.165, 1.54) is 25.1 Å². The molecule has 1 amide bonds. The summed E-state index contributed by atoms with van der Waals surface area (Å²) in [6, 6.07) is 5.00. The number of nitrogens with one attached hydrogen (secondary N) is 1. The van der Waals surface area contributed by atoms with Crippen LogP contribution in [-0.2, 0) is 14.6 Å². The minimum absolute atomic E-state index is 0.130. The number of aromatic carboxylic acids is 1. The summed E-state index contributed by atoms with van der Waals surface area (Å²) in [6.45, 7) is 3.68. The molecular weight excluding hydrogens is 294 g/mol. The van der Waals surface area contributed by atoms with Crippen LogP contribution in [0.15, 0.2) is 29.2 Å². The van der Waals surface area contributed by atoms with Crippen molar-refractivity contribution in [2.45, 2.75) is 36.8 Å². The maximum Gasteiger partial charge on any atom is 0.335 e. The molecule has 0 heterocycles. The first-order chi connectivity index (χ1) is 9.80. The van der Waals surface area contributed by atoms with Gasteiger partial charge in [-0.2, -0.15) is 0 Å². The summed E-state index contributed by atoms with van der Waals surface area (Å²) in [6.07, 6.45) is 1.66. The van der Waals surface area contributed by atoms with Gasteiger partial charge in [0.1, 0.15) is 5.25 Å². The van der Waals surface area contributed by atoms with Gasteiger partial charge in [0.25, 0.3) is 0 Å². The van der Waals surface area contributed by atoms with Gasteiger partial charge in [0.15, 0.2) is 9.84 Å². The van der Waals surface area contributed by atoms with Gasteiger partial charge in [-0.25, -0.2) is 13.2 Å². The van der Waals surface area contributed by atoms with Crippen LogP contribution in [0.2, 0.25) is 0 Å². The van der Waals surface area contributed by atoms with E-state index >= 15 is 0 Å². The van der Waals surface area contributed by atoms with Crippen LogP contribution >= 0.6 is 0 Å². The molecule has 6 nitrogen and oxygen atoms in total. The van der Waals surface area contributed by atoms with Gasteiger partial charge in [0.05, 0.1) is 10.5 Å². The van der Waals surface area contributed by atoms with Crippen molar-refractivity contribution in [1.29, 1.82) is 0 Å². The van der Waals surface area contributed by atoms with E-state index in [-0.39, 0.29) is 10.5 Å². The van der Waals surface area contributed by atoms with Crippen molar-refractivity contribution in [3.05, 3.63) is 29.8 Å². The van der Waals surface area contributed by atoms with E-state index in [4.69, 9.17) is 5.11 Å². The topological polar surface area (TPSA) is 101 Å². The Labute approximate surface area is 124 Å². The van der Waals surface area contributed by atoms with Crippen LogP contribution in [0.5, 0.6) is 0 Å². The molecule has 0 aliphatic heterocycles. The Bertz CT molecular complexity index is 624. The summed E-state index contributed by atoms with van der Waals surface area (Å²) >= 11 is 0. The van der Waals surface area contributed by atoms with Gasteiger partial charge < -0.3 is 10.4 Å². The lowest BCUT2D eigenvalue weighted by Gasteiger charge is -2.13. The first-order valence-electron chi connectivity index (χ1n) is 6.65. The van der Waals surface area contributed by atoms with Crippen LogP contribution in [0, 0.1) is 0 Å². The van der Waals surface area contributed by atoms with Gasteiger partial charge in [-0.05, 0) is 31.5 Å². The van der Waals surface area contributed by atoms with Crippen molar-refractivity contribution in [3.63, 3.8) is 0 Å².